The molecule has 1 nitrogen and oxygen atoms in total. The molecular formula is C32H39N. The first-order valence-electron chi connectivity index (χ1n) is 13.3. The number of nitrogens with two attached hydrogens (primary N) is 1. The van der Waals surface area contributed by atoms with Gasteiger partial charge in [-0.25, -0.2) is 0 Å². The van der Waals surface area contributed by atoms with E-state index in [0.29, 0.717) is 17.9 Å². The fourth-order valence-electron chi connectivity index (χ4n) is 6.16. The van der Waals surface area contributed by atoms with Crippen molar-refractivity contribution in [2.45, 2.75) is 88.0 Å². The molecule has 0 spiro atoms. The van der Waals surface area contributed by atoms with Gasteiger partial charge in [0.25, 0.3) is 0 Å². The molecule has 0 saturated heterocycles. The van der Waals surface area contributed by atoms with E-state index in [0.717, 1.165) is 12.3 Å². The van der Waals surface area contributed by atoms with Gasteiger partial charge in [0.05, 0.1) is 0 Å². The molecule has 0 bridgehead atoms. The third-order valence-electron chi connectivity index (χ3n) is 8.28. The molecule has 1 atom stereocenters. The molecule has 0 heterocycles. The van der Waals surface area contributed by atoms with Crippen LogP contribution in [-0.2, 0) is 6.42 Å². The van der Waals surface area contributed by atoms with E-state index in [-0.39, 0.29) is 0 Å². The predicted octanol–water partition coefficient (Wildman–Crippen LogP) is 8.09. The molecule has 2 saturated carbocycles. The maximum Gasteiger partial charge on any atom is 0.0130 e. The summed E-state index contributed by atoms with van der Waals surface area (Å²) in [6.45, 7) is 0. The van der Waals surface area contributed by atoms with E-state index in [2.05, 4.69) is 78.9 Å². The van der Waals surface area contributed by atoms with Gasteiger partial charge < -0.3 is 5.73 Å². The molecule has 2 aliphatic rings. The molecule has 172 valence electrons. The molecule has 3 aromatic carbocycles. The number of rotatable bonds is 6. The van der Waals surface area contributed by atoms with Crippen LogP contribution in [-0.4, -0.2) is 6.04 Å². The minimum atomic E-state index is 0.394. The minimum absolute atomic E-state index is 0.394. The van der Waals surface area contributed by atoms with Gasteiger partial charge in [-0.1, -0.05) is 98.1 Å². The molecule has 0 aliphatic heterocycles. The summed E-state index contributed by atoms with van der Waals surface area (Å²) in [5, 5.41) is 0. The maximum atomic E-state index is 6.12. The van der Waals surface area contributed by atoms with Crippen LogP contribution < -0.4 is 5.73 Å². The van der Waals surface area contributed by atoms with E-state index in [4.69, 9.17) is 5.73 Å². The van der Waals surface area contributed by atoms with Gasteiger partial charge in [0.1, 0.15) is 0 Å². The van der Waals surface area contributed by atoms with Crippen molar-refractivity contribution in [3.63, 3.8) is 0 Å². The molecule has 2 N–H and O–H groups in total. The average molecular weight is 438 g/mol. The first-order chi connectivity index (χ1) is 16.3. The molecule has 2 aliphatic carbocycles. The van der Waals surface area contributed by atoms with Gasteiger partial charge in [-0.3, -0.25) is 0 Å². The number of hydrogen-bond donors (Lipinski definition) is 1. The summed E-state index contributed by atoms with van der Waals surface area (Å²) in [5.41, 5.74) is 13.4. The Labute approximate surface area is 200 Å². The summed E-state index contributed by atoms with van der Waals surface area (Å²) in [5.74, 6) is 1.85. The molecule has 0 radical (unpaired) electrons. The van der Waals surface area contributed by atoms with Crippen LogP contribution in [0.25, 0.3) is 0 Å². The second-order valence-electron chi connectivity index (χ2n) is 10.5. The lowest BCUT2D eigenvalue weighted by molar-refractivity contribution is 0.395. The highest BCUT2D eigenvalue weighted by molar-refractivity contribution is 5.38. The van der Waals surface area contributed by atoms with Crippen LogP contribution in [0.5, 0.6) is 0 Å². The molecule has 1 unspecified atom stereocenters. The lowest BCUT2D eigenvalue weighted by Crippen LogP contribution is -2.25. The van der Waals surface area contributed by atoms with Crippen molar-refractivity contribution in [3.8, 4) is 0 Å². The second kappa shape index (κ2) is 10.7. The van der Waals surface area contributed by atoms with Crippen LogP contribution >= 0.6 is 0 Å². The Morgan fingerprint density at radius 2 is 1.12 bits per heavy atom. The number of hydrogen-bond acceptors (Lipinski definition) is 1. The SMILES string of the molecule is NC1CCC(c2ccc(CC(c3ccccc3)c3ccc(C4CCCCC4)cc3)cc2)CC1. The van der Waals surface area contributed by atoms with Crippen LogP contribution in [0.1, 0.15) is 103 Å². The van der Waals surface area contributed by atoms with E-state index in [1.54, 1.807) is 5.56 Å². The Hall–Kier alpha value is -2.38. The van der Waals surface area contributed by atoms with Crippen molar-refractivity contribution >= 4 is 0 Å². The minimum Gasteiger partial charge on any atom is -0.328 e. The summed E-state index contributed by atoms with van der Waals surface area (Å²) < 4.78 is 0. The Kier molecular flexibility index (Phi) is 7.27. The van der Waals surface area contributed by atoms with Gasteiger partial charge in [0.2, 0.25) is 0 Å². The van der Waals surface area contributed by atoms with Crippen LogP contribution in [0.2, 0.25) is 0 Å². The average Bonchev–Trinajstić information content (AvgIpc) is 2.89. The second-order valence-corrected chi connectivity index (χ2v) is 10.5. The molecule has 3 aromatic rings. The van der Waals surface area contributed by atoms with Gasteiger partial charge in [0.15, 0.2) is 0 Å². The summed E-state index contributed by atoms with van der Waals surface area (Å²) in [7, 11) is 0. The van der Waals surface area contributed by atoms with Crippen LogP contribution in [0.15, 0.2) is 78.9 Å². The molecule has 5 rings (SSSR count). The summed E-state index contributed by atoms with van der Waals surface area (Å²) in [6, 6.07) is 30.6. The third-order valence-corrected chi connectivity index (χ3v) is 8.28. The van der Waals surface area contributed by atoms with E-state index in [9.17, 15) is 0 Å². The Bertz CT molecular complexity index is 975. The predicted molar refractivity (Wildman–Crippen MR) is 140 cm³/mol. The van der Waals surface area contributed by atoms with Crippen molar-refractivity contribution in [2.75, 3.05) is 0 Å². The third kappa shape index (κ3) is 5.58. The Morgan fingerprint density at radius 1 is 0.576 bits per heavy atom. The number of benzene rings is 3. The van der Waals surface area contributed by atoms with Crippen molar-refractivity contribution in [3.05, 3.63) is 107 Å². The van der Waals surface area contributed by atoms with Crippen LogP contribution in [0, 0.1) is 0 Å². The molecule has 2 fully saturated rings. The summed E-state index contributed by atoms with van der Waals surface area (Å²) >= 11 is 0. The molecule has 33 heavy (non-hydrogen) atoms. The zero-order valence-corrected chi connectivity index (χ0v) is 20.0. The summed E-state index contributed by atoms with van der Waals surface area (Å²) in [6.07, 6.45) is 12.8. The van der Waals surface area contributed by atoms with Gasteiger partial charge in [-0.15, -0.1) is 0 Å². The molecular weight excluding hydrogens is 398 g/mol. The van der Waals surface area contributed by atoms with Gasteiger partial charge in [-0.2, -0.15) is 0 Å². The van der Waals surface area contributed by atoms with Crippen molar-refractivity contribution < 1.29 is 0 Å². The fraction of sp³-hybridized carbons (Fsp3) is 0.438. The van der Waals surface area contributed by atoms with E-state index in [1.807, 2.05) is 0 Å². The van der Waals surface area contributed by atoms with E-state index >= 15 is 0 Å². The van der Waals surface area contributed by atoms with Crippen molar-refractivity contribution in [1.29, 1.82) is 0 Å². The standard InChI is InChI=1S/C32H39N/c33-31-21-19-28(20-22-31)26-13-11-24(12-14-26)23-32(29-9-5-2-6-10-29)30-17-15-27(16-18-30)25-7-3-1-4-8-25/h2,5-6,9-18,25,28,31-32H,1,3-4,7-8,19-23,33H2. The normalized spacial score (nSPS) is 22.7. The highest BCUT2D eigenvalue weighted by Crippen LogP contribution is 2.36. The highest BCUT2D eigenvalue weighted by Gasteiger charge is 2.21. The largest absolute Gasteiger partial charge is 0.328 e. The van der Waals surface area contributed by atoms with E-state index < -0.39 is 0 Å². The summed E-state index contributed by atoms with van der Waals surface area (Å²) in [4.78, 5) is 0. The first-order valence-corrected chi connectivity index (χ1v) is 13.3. The van der Waals surface area contributed by atoms with Gasteiger partial charge in [-0.05, 0) is 84.6 Å². The van der Waals surface area contributed by atoms with E-state index in [1.165, 1.54) is 80.0 Å². The lowest BCUT2D eigenvalue weighted by Gasteiger charge is -2.26. The fourth-order valence-corrected chi connectivity index (χ4v) is 6.16. The quantitative estimate of drug-likeness (QED) is 0.414. The maximum absolute atomic E-state index is 6.12. The Balaban J connectivity index is 1.34. The topological polar surface area (TPSA) is 26.0 Å². The van der Waals surface area contributed by atoms with Gasteiger partial charge >= 0.3 is 0 Å². The molecule has 0 amide bonds. The zero-order valence-electron chi connectivity index (χ0n) is 20.0. The van der Waals surface area contributed by atoms with Gasteiger partial charge in [0, 0.05) is 12.0 Å². The zero-order chi connectivity index (χ0) is 22.5. The van der Waals surface area contributed by atoms with Crippen molar-refractivity contribution in [2.24, 2.45) is 5.73 Å². The molecule has 0 aromatic heterocycles. The Morgan fingerprint density at radius 3 is 1.76 bits per heavy atom. The molecule has 1 heteroatoms. The lowest BCUT2D eigenvalue weighted by atomic mass is 9.80. The smallest absolute Gasteiger partial charge is 0.0130 e. The van der Waals surface area contributed by atoms with Crippen LogP contribution in [0.3, 0.4) is 0 Å². The first kappa shape index (κ1) is 22.4. The monoisotopic (exact) mass is 437 g/mol. The highest BCUT2D eigenvalue weighted by atomic mass is 14.6. The van der Waals surface area contributed by atoms with Crippen molar-refractivity contribution in [1.82, 2.24) is 0 Å². The van der Waals surface area contributed by atoms with Crippen LogP contribution in [0.4, 0.5) is 0 Å².